The molecule has 6 heteroatoms. The number of ether oxygens (including phenoxy) is 3. The molecule has 1 unspecified atom stereocenters. The van der Waals surface area contributed by atoms with Crippen molar-refractivity contribution in [3.63, 3.8) is 0 Å². The highest BCUT2D eigenvalue weighted by Gasteiger charge is 2.19. The van der Waals surface area contributed by atoms with Crippen molar-refractivity contribution in [3.8, 4) is 0 Å². The fourth-order valence-electron chi connectivity index (χ4n) is 9.43. The predicted molar refractivity (Wildman–Crippen MR) is 316 cm³/mol. The lowest BCUT2D eigenvalue weighted by Gasteiger charge is -2.18. The Morgan fingerprint density at radius 3 is 0.822 bits per heavy atom. The van der Waals surface area contributed by atoms with Crippen molar-refractivity contribution in [3.05, 3.63) is 48.6 Å². The lowest BCUT2D eigenvalue weighted by atomic mass is 10.0. The van der Waals surface area contributed by atoms with Crippen LogP contribution in [-0.4, -0.2) is 37.2 Å². The van der Waals surface area contributed by atoms with Gasteiger partial charge in [0.1, 0.15) is 13.2 Å². The van der Waals surface area contributed by atoms with Gasteiger partial charge in [0.2, 0.25) is 0 Å². The van der Waals surface area contributed by atoms with Gasteiger partial charge in [0.05, 0.1) is 0 Å². The molecule has 0 heterocycles. The summed E-state index contributed by atoms with van der Waals surface area (Å²) in [7, 11) is 0. The molecule has 0 aliphatic heterocycles. The van der Waals surface area contributed by atoms with Crippen LogP contribution in [0.5, 0.6) is 0 Å². The molecule has 0 spiro atoms. The second kappa shape index (κ2) is 61.9. The molecular formula is C67H122O6. The molecule has 1 atom stereocenters. The van der Waals surface area contributed by atoms with E-state index >= 15 is 0 Å². The molecule has 0 saturated carbocycles. The summed E-state index contributed by atoms with van der Waals surface area (Å²) in [6, 6.07) is 0. The number of allylic oxidation sites excluding steroid dienone is 8. The third-order valence-electron chi connectivity index (χ3n) is 14.3. The van der Waals surface area contributed by atoms with Gasteiger partial charge in [-0.15, -0.1) is 0 Å². The number of carbonyl (C=O) groups is 3. The zero-order valence-electron chi connectivity index (χ0n) is 48.9. The number of hydrogen-bond donors (Lipinski definition) is 0. The van der Waals surface area contributed by atoms with Crippen LogP contribution in [0.2, 0.25) is 0 Å². The average molecular weight is 1020 g/mol. The normalized spacial score (nSPS) is 12.3. The molecule has 0 bridgehead atoms. The summed E-state index contributed by atoms with van der Waals surface area (Å²) in [5, 5.41) is 0. The van der Waals surface area contributed by atoms with E-state index in [1.165, 1.54) is 218 Å². The Hall–Kier alpha value is -2.63. The Morgan fingerprint density at radius 2 is 0.507 bits per heavy atom. The van der Waals surface area contributed by atoms with E-state index < -0.39 is 6.10 Å². The van der Waals surface area contributed by atoms with Gasteiger partial charge in [0, 0.05) is 19.3 Å². The average Bonchev–Trinajstić information content (AvgIpc) is 3.39. The fraction of sp³-hybridized carbons (Fsp3) is 0.836. The van der Waals surface area contributed by atoms with Crippen molar-refractivity contribution in [2.75, 3.05) is 13.2 Å². The summed E-state index contributed by atoms with van der Waals surface area (Å²) < 4.78 is 16.9. The minimum absolute atomic E-state index is 0.0765. The molecule has 0 aromatic carbocycles. The summed E-state index contributed by atoms with van der Waals surface area (Å²) in [4.78, 5) is 38.2. The Balaban J connectivity index is 4.26. The van der Waals surface area contributed by atoms with Gasteiger partial charge >= 0.3 is 17.9 Å². The maximum absolute atomic E-state index is 12.9. The van der Waals surface area contributed by atoms with E-state index in [1.807, 2.05) is 0 Å². The van der Waals surface area contributed by atoms with Crippen LogP contribution < -0.4 is 0 Å². The van der Waals surface area contributed by atoms with Crippen LogP contribution in [0.15, 0.2) is 48.6 Å². The maximum atomic E-state index is 12.9. The monoisotopic (exact) mass is 1020 g/mol. The Labute approximate surface area is 454 Å². The summed E-state index contributed by atoms with van der Waals surface area (Å²) in [6.07, 6.45) is 76.9. The first-order valence-corrected chi connectivity index (χ1v) is 32.1. The van der Waals surface area contributed by atoms with Gasteiger partial charge in [0.15, 0.2) is 6.10 Å². The Kier molecular flexibility index (Phi) is 59.7. The van der Waals surface area contributed by atoms with Crippen LogP contribution in [0.1, 0.15) is 342 Å². The minimum Gasteiger partial charge on any atom is -0.462 e. The number of carbonyl (C=O) groups excluding carboxylic acids is 3. The van der Waals surface area contributed by atoms with Crippen LogP contribution in [-0.2, 0) is 28.6 Å². The van der Waals surface area contributed by atoms with E-state index in [9.17, 15) is 14.4 Å². The quantitative estimate of drug-likeness (QED) is 0.0261. The van der Waals surface area contributed by atoms with Crippen molar-refractivity contribution in [1.29, 1.82) is 0 Å². The summed E-state index contributed by atoms with van der Waals surface area (Å²) in [5.74, 6) is -0.873. The SMILES string of the molecule is CCCC/C=C\CCCCCCCC(=O)OCC(COC(=O)CCCCCCCCCC/C=C\C/C=C\C/C=C\CCCCCCC)OC(=O)CCCCCCCCCCCCCCCCCCCCCCC. The molecule has 0 amide bonds. The van der Waals surface area contributed by atoms with Gasteiger partial charge in [0.25, 0.3) is 0 Å². The van der Waals surface area contributed by atoms with Gasteiger partial charge in [-0.25, -0.2) is 0 Å². The molecule has 0 rings (SSSR count). The first-order chi connectivity index (χ1) is 36.0. The molecule has 73 heavy (non-hydrogen) atoms. The van der Waals surface area contributed by atoms with Crippen molar-refractivity contribution >= 4 is 17.9 Å². The third kappa shape index (κ3) is 60.1. The molecule has 426 valence electrons. The number of rotatable bonds is 59. The topological polar surface area (TPSA) is 78.9 Å². The largest absolute Gasteiger partial charge is 0.462 e. The van der Waals surface area contributed by atoms with Gasteiger partial charge in [-0.3, -0.25) is 14.4 Å². The van der Waals surface area contributed by atoms with Crippen LogP contribution in [0, 0.1) is 0 Å². The Morgan fingerprint density at radius 1 is 0.274 bits per heavy atom. The zero-order chi connectivity index (χ0) is 52.9. The van der Waals surface area contributed by atoms with Crippen LogP contribution in [0.3, 0.4) is 0 Å². The van der Waals surface area contributed by atoms with Crippen LogP contribution >= 0.6 is 0 Å². The highest BCUT2D eigenvalue weighted by atomic mass is 16.6. The number of unbranched alkanes of at least 4 members (excludes halogenated alkanes) is 40. The molecule has 0 fully saturated rings. The molecule has 6 nitrogen and oxygen atoms in total. The molecule has 0 aromatic rings. The van der Waals surface area contributed by atoms with E-state index in [0.717, 1.165) is 83.5 Å². The molecular weight excluding hydrogens is 901 g/mol. The minimum atomic E-state index is -0.778. The van der Waals surface area contributed by atoms with Gasteiger partial charge in [-0.1, -0.05) is 294 Å². The van der Waals surface area contributed by atoms with Gasteiger partial charge < -0.3 is 14.2 Å². The second-order valence-electron chi connectivity index (χ2n) is 21.7. The van der Waals surface area contributed by atoms with Crippen molar-refractivity contribution < 1.29 is 28.6 Å². The maximum Gasteiger partial charge on any atom is 0.306 e. The fourth-order valence-corrected chi connectivity index (χ4v) is 9.43. The highest BCUT2D eigenvalue weighted by molar-refractivity contribution is 5.71. The first kappa shape index (κ1) is 70.4. The van der Waals surface area contributed by atoms with Gasteiger partial charge in [-0.2, -0.15) is 0 Å². The molecule has 0 saturated heterocycles. The second-order valence-corrected chi connectivity index (χ2v) is 21.7. The smallest absolute Gasteiger partial charge is 0.306 e. The molecule has 0 aliphatic rings. The third-order valence-corrected chi connectivity index (χ3v) is 14.3. The standard InChI is InChI=1S/C67H122O6/c1-4-7-10-13-16-19-22-24-26-28-30-32-33-35-36-38-40-42-45-48-51-54-57-60-66(69)72-63-64(62-71-65(68)59-56-53-50-47-44-21-18-15-12-9-6-3)73-67(70)61-58-55-52-49-46-43-41-39-37-34-31-29-27-25-23-20-17-14-11-8-5-2/h15,18,22,24,28,30,33,35,64H,4-14,16-17,19-21,23,25-27,29,31-32,34,36-63H2,1-3H3/b18-15-,24-22-,30-28-,35-33-. The van der Waals surface area contributed by atoms with E-state index in [0.29, 0.717) is 19.3 Å². The van der Waals surface area contributed by atoms with Crippen molar-refractivity contribution in [2.24, 2.45) is 0 Å². The molecule has 0 N–H and O–H groups in total. The van der Waals surface area contributed by atoms with E-state index in [4.69, 9.17) is 14.2 Å². The van der Waals surface area contributed by atoms with E-state index in [1.54, 1.807) is 0 Å². The highest BCUT2D eigenvalue weighted by Crippen LogP contribution is 2.17. The Bertz CT molecular complexity index is 1270. The lowest BCUT2D eigenvalue weighted by Crippen LogP contribution is -2.30. The summed E-state index contributed by atoms with van der Waals surface area (Å²) in [5.41, 5.74) is 0. The molecule has 0 radical (unpaired) electrons. The molecule has 0 aliphatic carbocycles. The first-order valence-electron chi connectivity index (χ1n) is 32.1. The van der Waals surface area contributed by atoms with Crippen LogP contribution in [0.4, 0.5) is 0 Å². The lowest BCUT2D eigenvalue weighted by molar-refractivity contribution is -0.167. The number of hydrogen-bond acceptors (Lipinski definition) is 6. The zero-order valence-corrected chi connectivity index (χ0v) is 48.9. The van der Waals surface area contributed by atoms with E-state index in [2.05, 4.69) is 69.4 Å². The van der Waals surface area contributed by atoms with Crippen molar-refractivity contribution in [1.82, 2.24) is 0 Å². The van der Waals surface area contributed by atoms with E-state index in [-0.39, 0.29) is 31.1 Å². The summed E-state index contributed by atoms with van der Waals surface area (Å²) in [6.45, 7) is 6.63. The molecule has 0 aromatic heterocycles. The number of esters is 3. The predicted octanol–water partition coefficient (Wildman–Crippen LogP) is 21.8. The summed E-state index contributed by atoms with van der Waals surface area (Å²) >= 11 is 0. The van der Waals surface area contributed by atoms with Crippen LogP contribution in [0.25, 0.3) is 0 Å². The van der Waals surface area contributed by atoms with Gasteiger partial charge in [-0.05, 0) is 77.0 Å². The van der Waals surface area contributed by atoms with Crippen molar-refractivity contribution in [2.45, 2.75) is 348 Å².